The Labute approximate surface area is 180 Å². The molecule has 0 aliphatic rings. The fourth-order valence-electron chi connectivity index (χ4n) is 3.02. The van der Waals surface area contributed by atoms with Gasteiger partial charge in [0, 0.05) is 43.0 Å². The van der Waals surface area contributed by atoms with Crippen molar-refractivity contribution in [3.8, 4) is 11.5 Å². The highest BCUT2D eigenvalue weighted by Crippen LogP contribution is 2.29. The second kappa shape index (κ2) is 9.46. The van der Waals surface area contributed by atoms with Gasteiger partial charge < -0.3 is 18.9 Å². The molecule has 0 aliphatic heterocycles. The number of hydrogen-bond donors (Lipinski definition) is 0. The Balaban J connectivity index is 1.69. The number of amides is 1. The minimum Gasteiger partial charge on any atom is -0.493 e. The molecule has 164 valence electrons. The van der Waals surface area contributed by atoms with E-state index in [1.54, 1.807) is 40.0 Å². The van der Waals surface area contributed by atoms with E-state index in [2.05, 4.69) is 10.3 Å². The molecule has 0 N–H and O–H groups in total. The van der Waals surface area contributed by atoms with Gasteiger partial charge in [-0.05, 0) is 39.0 Å². The van der Waals surface area contributed by atoms with Crippen molar-refractivity contribution in [2.75, 3.05) is 7.11 Å². The summed E-state index contributed by atoms with van der Waals surface area (Å²) < 4.78 is 18.0. The number of carbonyl (C=O) groups excluding carboxylic acids is 2. The van der Waals surface area contributed by atoms with Crippen molar-refractivity contribution in [1.29, 1.82) is 0 Å². The number of benzene rings is 1. The van der Waals surface area contributed by atoms with Gasteiger partial charge in [0.15, 0.2) is 28.7 Å². The average molecular weight is 426 g/mol. The SMILES string of the molecule is COc1cc(C(C)=O)ccc1OCc1cc(C(=O)N(Cc2cnn(C)c2)C(C)C)no1. The molecule has 3 aromatic rings. The van der Waals surface area contributed by atoms with Crippen LogP contribution >= 0.6 is 0 Å². The lowest BCUT2D eigenvalue weighted by Crippen LogP contribution is -2.36. The topological polar surface area (TPSA) is 99.7 Å². The van der Waals surface area contributed by atoms with Gasteiger partial charge >= 0.3 is 0 Å². The number of ketones is 1. The highest BCUT2D eigenvalue weighted by molar-refractivity contribution is 5.94. The van der Waals surface area contributed by atoms with Gasteiger partial charge in [-0.2, -0.15) is 5.10 Å². The molecule has 0 spiro atoms. The normalized spacial score (nSPS) is 10.9. The zero-order chi connectivity index (χ0) is 22.5. The van der Waals surface area contributed by atoms with Gasteiger partial charge in [-0.15, -0.1) is 0 Å². The number of Topliss-reactive ketones (excluding diaryl/α,β-unsaturated/α-hetero) is 1. The lowest BCUT2D eigenvalue weighted by molar-refractivity contribution is 0.0679. The van der Waals surface area contributed by atoms with E-state index in [1.807, 2.05) is 27.1 Å². The molecule has 9 nitrogen and oxygen atoms in total. The quantitative estimate of drug-likeness (QED) is 0.484. The van der Waals surface area contributed by atoms with Crippen LogP contribution in [0.25, 0.3) is 0 Å². The first kappa shape index (κ1) is 22.1. The largest absolute Gasteiger partial charge is 0.493 e. The van der Waals surface area contributed by atoms with Crippen LogP contribution in [0.2, 0.25) is 0 Å². The predicted octanol–water partition coefficient (Wildman–Crippen LogP) is 3.25. The van der Waals surface area contributed by atoms with Crippen molar-refractivity contribution in [2.24, 2.45) is 7.05 Å². The zero-order valence-corrected chi connectivity index (χ0v) is 18.3. The number of hydrogen-bond acceptors (Lipinski definition) is 7. The smallest absolute Gasteiger partial charge is 0.276 e. The zero-order valence-electron chi connectivity index (χ0n) is 18.3. The van der Waals surface area contributed by atoms with E-state index in [0.29, 0.717) is 29.4 Å². The Hall–Kier alpha value is -3.62. The number of aryl methyl sites for hydroxylation is 1. The summed E-state index contributed by atoms with van der Waals surface area (Å²) >= 11 is 0. The molecular formula is C22H26N4O5. The van der Waals surface area contributed by atoms with Gasteiger partial charge in [0.05, 0.1) is 13.3 Å². The standard InChI is InChI=1S/C22H26N4O5/c1-14(2)26(12-16-10-23-25(4)11-16)22(28)19-9-18(31-24-19)13-30-20-7-6-17(15(3)27)8-21(20)29-5/h6-11,14H,12-13H2,1-5H3. The summed E-state index contributed by atoms with van der Waals surface area (Å²) in [5.74, 6) is 0.982. The molecule has 1 amide bonds. The number of carbonyl (C=O) groups is 2. The molecule has 0 radical (unpaired) electrons. The molecule has 0 bridgehead atoms. The molecule has 0 aliphatic carbocycles. The van der Waals surface area contributed by atoms with Crippen molar-refractivity contribution >= 4 is 11.7 Å². The molecular weight excluding hydrogens is 400 g/mol. The van der Waals surface area contributed by atoms with Crippen LogP contribution < -0.4 is 9.47 Å². The van der Waals surface area contributed by atoms with Gasteiger partial charge in [-0.25, -0.2) is 0 Å². The molecule has 31 heavy (non-hydrogen) atoms. The summed E-state index contributed by atoms with van der Waals surface area (Å²) in [7, 11) is 3.33. The van der Waals surface area contributed by atoms with Crippen LogP contribution in [0.15, 0.2) is 41.2 Å². The van der Waals surface area contributed by atoms with Gasteiger partial charge in [-0.3, -0.25) is 14.3 Å². The second-order valence-corrected chi connectivity index (χ2v) is 7.44. The van der Waals surface area contributed by atoms with Gasteiger partial charge in [0.2, 0.25) is 0 Å². The predicted molar refractivity (Wildman–Crippen MR) is 112 cm³/mol. The summed E-state index contributed by atoms with van der Waals surface area (Å²) in [6.45, 7) is 5.84. The monoisotopic (exact) mass is 426 g/mol. The third-order valence-corrected chi connectivity index (χ3v) is 4.71. The van der Waals surface area contributed by atoms with Crippen molar-refractivity contribution in [2.45, 2.75) is 40.0 Å². The second-order valence-electron chi connectivity index (χ2n) is 7.44. The molecule has 0 unspecified atom stereocenters. The molecule has 2 heterocycles. The summed E-state index contributed by atoms with van der Waals surface area (Å²) in [6, 6.07) is 6.47. The maximum Gasteiger partial charge on any atom is 0.276 e. The number of nitrogens with zero attached hydrogens (tertiary/aromatic N) is 4. The molecule has 0 atom stereocenters. The molecule has 3 rings (SSSR count). The lowest BCUT2D eigenvalue weighted by Gasteiger charge is -2.25. The van der Waals surface area contributed by atoms with E-state index in [1.165, 1.54) is 14.0 Å². The third-order valence-electron chi connectivity index (χ3n) is 4.71. The molecule has 1 aromatic carbocycles. The summed E-state index contributed by atoms with van der Waals surface area (Å²) in [6.07, 6.45) is 3.60. The van der Waals surface area contributed by atoms with E-state index in [0.717, 1.165) is 5.56 Å². The van der Waals surface area contributed by atoms with E-state index in [-0.39, 0.29) is 30.0 Å². The number of methoxy groups -OCH3 is 1. The van der Waals surface area contributed by atoms with E-state index < -0.39 is 0 Å². The van der Waals surface area contributed by atoms with Crippen LogP contribution in [0.1, 0.15) is 52.9 Å². The first-order valence-corrected chi connectivity index (χ1v) is 9.84. The van der Waals surface area contributed by atoms with Gasteiger partial charge in [-0.1, -0.05) is 5.16 Å². The fraction of sp³-hybridized carbons (Fsp3) is 0.364. The Morgan fingerprint density at radius 2 is 2.00 bits per heavy atom. The van der Waals surface area contributed by atoms with Crippen molar-refractivity contribution in [3.05, 3.63) is 59.2 Å². The number of aromatic nitrogens is 3. The Bertz CT molecular complexity index is 1070. The van der Waals surface area contributed by atoms with Gasteiger partial charge in [0.1, 0.15) is 6.61 Å². The number of ether oxygens (including phenoxy) is 2. The third kappa shape index (κ3) is 5.30. The van der Waals surface area contributed by atoms with Crippen LogP contribution in [-0.4, -0.2) is 44.7 Å². The Morgan fingerprint density at radius 1 is 1.23 bits per heavy atom. The summed E-state index contributed by atoms with van der Waals surface area (Å²) in [5.41, 5.74) is 1.66. The highest BCUT2D eigenvalue weighted by Gasteiger charge is 2.23. The van der Waals surface area contributed by atoms with Crippen molar-refractivity contribution < 1.29 is 23.6 Å². The van der Waals surface area contributed by atoms with E-state index in [4.69, 9.17) is 14.0 Å². The van der Waals surface area contributed by atoms with E-state index in [9.17, 15) is 9.59 Å². The molecule has 0 saturated heterocycles. The van der Waals surface area contributed by atoms with Crippen molar-refractivity contribution in [3.63, 3.8) is 0 Å². The average Bonchev–Trinajstić information content (AvgIpc) is 3.38. The summed E-state index contributed by atoms with van der Waals surface area (Å²) in [5, 5.41) is 8.06. The van der Waals surface area contributed by atoms with Gasteiger partial charge in [0.25, 0.3) is 5.91 Å². The maximum absolute atomic E-state index is 13.0. The summed E-state index contributed by atoms with van der Waals surface area (Å²) in [4.78, 5) is 26.2. The Kier molecular flexibility index (Phi) is 6.74. The van der Waals surface area contributed by atoms with Crippen LogP contribution in [0.5, 0.6) is 11.5 Å². The van der Waals surface area contributed by atoms with Crippen LogP contribution in [0.3, 0.4) is 0 Å². The lowest BCUT2D eigenvalue weighted by atomic mass is 10.1. The van der Waals surface area contributed by atoms with E-state index >= 15 is 0 Å². The highest BCUT2D eigenvalue weighted by atomic mass is 16.5. The maximum atomic E-state index is 13.0. The molecule has 0 saturated carbocycles. The number of rotatable bonds is 9. The van der Waals surface area contributed by atoms with Crippen LogP contribution in [0.4, 0.5) is 0 Å². The molecule has 0 fully saturated rings. The minimum absolute atomic E-state index is 0.0341. The van der Waals surface area contributed by atoms with Crippen LogP contribution in [0, 0.1) is 0 Å². The van der Waals surface area contributed by atoms with Crippen molar-refractivity contribution in [1.82, 2.24) is 19.8 Å². The van der Waals surface area contributed by atoms with Crippen LogP contribution in [-0.2, 0) is 20.2 Å². The molecule has 2 aromatic heterocycles. The first-order chi connectivity index (χ1) is 14.8. The molecule has 9 heteroatoms. The first-order valence-electron chi connectivity index (χ1n) is 9.84. The fourth-order valence-corrected chi connectivity index (χ4v) is 3.02. The Morgan fingerprint density at radius 3 is 2.61 bits per heavy atom. The minimum atomic E-state index is -0.239.